The fourth-order valence-electron chi connectivity index (χ4n) is 4.34. The topological polar surface area (TPSA) is 88.5 Å². The Morgan fingerprint density at radius 1 is 1.06 bits per heavy atom. The molecule has 8 nitrogen and oxygen atoms in total. The maximum absolute atomic E-state index is 13.3. The Labute approximate surface area is 206 Å². The lowest BCUT2D eigenvalue weighted by Gasteiger charge is -2.26. The second kappa shape index (κ2) is 11.3. The van der Waals surface area contributed by atoms with Gasteiger partial charge in [0, 0.05) is 12.1 Å². The van der Waals surface area contributed by atoms with Gasteiger partial charge in [-0.25, -0.2) is 0 Å². The number of aryl methyl sites for hydroxylation is 1. The summed E-state index contributed by atoms with van der Waals surface area (Å²) in [5.74, 6) is 0.124. The van der Waals surface area contributed by atoms with Crippen molar-refractivity contribution in [1.82, 2.24) is 9.80 Å². The number of carbonyl (C=O) groups excluding carboxylic acids is 2. The van der Waals surface area contributed by atoms with E-state index in [-0.39, 0.29) is 11.3 Å². The molecule has 1 aliphatic heterocycles. The van der Waals surface area contributed by atoms with Gasteiger partial charge in [0.15, 0.2) is 11.5 Å². The number of methoxy groups -OCH3 is 2. The van der Waals surface area contributed by atoms with Crippen molar-refractivity contribution >= 4 is 17.4 Å². The van der Waals surface area contributed by atoms with Crippen LogP contribution in [0.1, 0.15) is 36.1 Å². The molecular formula is C27H34N2O6. The summed E-state index contributed by atoms with van der Waals surface area (Å²) in [6.45, 7) is 5.35. The summed E-state index contributed by atoms with van der Waals surface area (Å²) in [5.41, 5.74) is 1.92. The molecule has 0 spiro atoms. The van der Waals surface area contributed by atoms with Crippen molar-refractivity contribution in [1.29, 1.82) is 0 Å². The zero-order valence-electron chi connectivity index (χ0n) is 21.3. The summed E-state index contributed by atoms with van der Waals surface area (Å²) in [4.78, 5) is 30.0. The van der Waals surface area contributed by atoms with Crippen LogP contribution in [0.15, 0.2) is 42.0 Å². The van der Waals surface area contributed by atoms with Crippen molar-refractivity contribution in [2.24, 2.45) is 0 Å². The number of amides is 1. The van der Waals surface area contributed by atoms with Gasteiger partial charge in [-0.1, -0.05) is 6.07 Å². The number of likely N-dealkylation sites (tertiary alicyclic amines) is 1. The van der Waals surface area contributed by atoms with Gasteiger partial charge in [-0.15, -0.1) is 0 Å². The molecular weight excluding hydrogens is 448 g/mol. The molecule has 35 heavy (non-hydrogen) atoms. The highest BCUT2D eigenvalue weighted by Crippen LogP contribution is 2.42. The number of hydrogen-bond acceptors (Lipinski definition) is 7. The third-order valence-corrected chi connectivity index (χ3v) is 6.03. The van der Waals surface area contributed by atoms with Crippen LogP contribution in [-0.4, -0.2) is 74.6 Å². The summed E-state index contributed by atoms with van der Waals surface area (Å²) >= 11 is 0. The van der Waals surface area contributed by atoms with Crippen molar-refractivity contribution in [2.75, 3.05) is 48.0 Å². The van der Waals surface area contributed by atoms with E-state index in [1.54, 1.807) is 43.5 Å². The minimum Gasteiger partial charge on any atom is -0.507 e. The molecule has 1 N–H and O–H groups in total. The summed E-state index contributed by atoms with van der Waals surface area (Å²) in [5, 5.41) is 11.4. The first kappa shape index (κ1) is 26.1. The molecule has 1 fully saturated rings. The highest BCUT2D eigenvalue weighted by Gasteiger charge is 2.46. The summed E-state index contributed by atoms with van der Waals surface area (Å²) in [6, 6.07) is 9.75. The van der Waals surface area contributed by atoms with Crippen molar-refractivity contribution in [3.63, 3.8) is 0 Å². The predicted octanol–water partition coefficient (Wildman–Crippen LogP) is 3.78. The second-order valence-corrected chi connectivity index (χ2v) is 8.67. The third-order valence-electron chi connectivity index (χ3n) is 6.03. The first-order chi connectivity index (χ1) is 16.7. The van der Waals surface area contributed by atoms with Crippen molar-refractivity contribution in [2.45, 2.75) is 26.3 Å². The lowest BCUT2D eigenvalue weighted by molar-refractivity contribution is -0.139. The number of aliphatic hydroxyl groups is 1. The minimum absolute atomic E-state index is 0.0549. The quantitative estimate of drug-likeness (QED) is 0.313. The van der Waals surface area contributed by atoms with Crippen molar-refractivity contribution < 1.29 is 28.9 Å². The fraction of sp³-hybridized carbons (Fsp3) is 0.407. The zero-order chi connectivity index (χ0) is 25.7. The largest absolute Gasteiger partial charge is 0.507 e. The molecule has 3 rings (SSSR count). The van der Waals surface area contributed by atoms with Gasteiger partial charge in [-0.05, 0) is 82.4 Å². The average molecular weight is 483 g/mol. The van der Waals surface area contributed by atoms with E-state index in [2.05, 4.69) is 0 Å². The van der Waals surface area contributed by atoms with Gasteiger partial charge in [-0.2, -0.15) is 0 Å². The Hall–Kier alpha value is -3.52. The molecule has 0 unspecified atom stereocenters. The van der Waals surface area contributed by atoms with Crippen LogP contribution in [0.25, 0.3) is 5.76 Å². The zero-order valence-corrected chi connectivity index (χ0v) is 21.3. The number of rotatable bonds is 10. The highest BCUT2D eigenvalue weighted by atomic mass is 16.5. The van der Waals surface area contributed by atoms with Crippen molar-refractivity contribution in [3.8, 4) is 17.2 Å². The number of ether oxygens (including phenoxy) is 3. The molecule has 1 atom stereocenters. The monoisotopic (exact) mass is 482 g/mol. The predicted molar refractivity (Wildman–Crippen MR) is 134 cm³/mol. The van der Waals surface area contributed by atoms with Crippen LogP contribution >= 0.6 is 0 Å². The molecule has 0 aromatic heterocycles. The normalized spacial score (nSPS) is 17.2. The Bertz CT molecular complexity index is 1120. The Morgan fingerprint density at radius 2 is 1.77 bits per heavy atom. The maximum atomic E-state index is 13.3. The molecule has 0 saturated carbocycles. The minimum atomic E-state index is -0.761. The van der Waals surface area contributed by atoms with E-state index in [0.717, 1.165) is 12.1 Å². The number of aliphatic hydroxyl groups excluding tert-OH is 1. The van der Waals surface area contributed by atoms with Crippen LogP contribution in [0.4, 0.5) is 0 Å². The second-order valence-electron chi connectivity index (χ2n) is 8.67. The molecule has 188 valence electrons. The SMILES string of the molecule is CCOc1ccc(C(O)=C2C(=O)C(=O)N(CCCN(C)C)[C@H]2c2ccc(OC)c(OC)c2)c(C)c1. The number of carbonyl (C=O) groups is 2. The van der Waals surface area contributed by atoms with E-state index in [0.29, 0.717) is 47.9 Å². The number of nitrogens with zero attached hydrogens (tertiary/aromatic N) is 2. The first-order valence-corrected chi connectivity index (χ1v) is 11.6. The Balaban J connectivity index is 2.15. The number of hydrogen-bond donors (Lipinski definition) is 1. The summed E-state index contributed by atoms with van der Waals surface area (Å²) in [7, 11) is 6.97. The molecule has 1 amide bonds. The Morgan fingerprint density at radius 3 is 2.37 bits per heavy atom. The lowest BCUT2D eigenvalue weighted by atomic mass is 9.93. The molecule has 0 bridgehead atoms. The molecule has 0 radical (unpaired) electrons. The van der Waals surface area contributed by atoms with E-state index < -0.39 is 17.7 Å². The molecule has 1 heterocycles. The van der Waals surface area contributed by atoms with E-state index in [4.69, 9.17) is 14.2 Å². The van der Waals surface area contributed by atoms with Gasteiger partial charge in [0.05, 0.1) is 32.4 Å². The highest BCUT2D eigenvalue weighted by molar-refractivity contribution is 6.46. The average Bonchev–Trinajstić information content (AvgIpc) is 3.08. The number of ketones is 1. The smallest absolute Gasteiger partial charge is 0.295 e. The fourth-order valence-corrected chi connectivity index (χ4v) is 4.34. The van der Waals surface area contributed by atoms with E-state index in [1.165, 1.54) is 12.0 Å². The summed E-state index contributed by atoms with van der Waals surface area (Å²) in [6.07, 6.45) is 0.673. The van der Waals surface area contributed by atoms with E-state index in [1.807, 2.05) is 32.8 Å². The third kappa shape index (κ3) is 5.43. The van der Waals surface area contributed by atoms with Gasteiger partial charge in [0.2, 0.25) is 0 Å². The molecule has 1 aliphatic rings. The van der Waals surface area contributed by atoms with E-state index >= 15 is 0 Å². The van der Waals surface area contributed by atoms with Gasteiger partial charge >= 0.3 is 0 Å². The van der Waals surface area contributed by atoms with Gasteiger partial charge in [-0.3, -0.25) is 9.59 Å². The van der Waals surface area contributed by atoms with Crippen molar-refractivity contribution in [3.05, 3.63) is 58.7 Å². The molecule has 2 aromatic rings. The van der Waals surface area contributed by atoms with Gasteiger partial charge in [0.1, 0.15) is 11.5 Å². The van der Waals surface area contributed by atoms with Crippen LogP contribution in [0.3, 0.4) is 0 Å². The van der Waals surface area contributed by atoms with Gasteiger partial charge in [0.25, 0.3) is 11.7 Å². The van der Waals surface area contributed by atoms with Crippen LogP contribution in [-0.2, 0) is 9.59 Å². The molecule has 1 saturated heterocycles. The van der Waals surface area contributed by atoms with E-state index in [9.17, 15) is 14.7 Å². The molecule has 0 aliphatic carbocycles. The van der Waals surface area contributed by atoms with Crippen LogP contribution < -0.4 is 14.2 Å². The summed E-state index contributed by atoms with van der Waals surface area (Å²) < 4.78 is 16.4. The standard InChI is InChI=1S/C27H34N2O6/c1-7-35-19-10-11-20(17(2)15-19)25(30)23-24(18-9-12-21(33-5)22(16-18)34-6)29(27(32)26(23)31)14-8-13-28(3)4/h9-12,15-16,24,30H,7-8,13-14H2,1-6H3/t24-/m0/s1. The van der Waals surface area contributed by atoms with Crippen LogP contribution in [0.5, 0.6) is 17.2 Å². The molecule has 2 aromatic carbocycles. The number of benzene rings is 2. The number of Topliss-reactive ketones (excluding diaryl/α,β-unsaturated/α-hetero) is 1. The first-order valence-electron chi connectivity index (χ1n) is 11.6. The van der Waals surface area contributed by atoms with Crippen LogP contribution in [0, 0.1) is 6.92 Å². The Kier molecular flexibility index (Phi) is 8.40. The van der Waals surface area contributed by atoms with Crippen LogP contribution in [0.2, 0.25) is 0 Å². The van der Waals surface area contributed by atoms with Gasteiger partial charge < -0.3 is 29.1 Å². The lowest BCUT2D eigenvalue weighted by Crippen LogP contribution is -2.32. The maximum Gasteiger partial charge on any atom is 0.295 e. The molecule has 8 heteroatoms.